The van der Waals surface area contributed by atoms with Gasteiger partial charge in [0, 0.05) is 24.4 Å². The molecule has 1 unspecified atom stereocenters. The number of carbonyl (C=O) groups excluding carboxylic acids is 1. The second-order valence-electron chi connectivity index (χ2n) is 3.62. The van der Waals surface area contributed by atoms with E-state index in [4.69, 9.17) is 6.42 Å². The molecule has 3 nitrogen and oxygen atoms in total. The van der Waals surface area contributed by atoms with Crippen molar-refractivity contribution in [3.05, 3.63) is 29.6 Å². The molecule has 1 atom stereocenters. The van der Waals surface area contributed by atoms with Gasteiger partial charge in [-0.3, -0.25) is 9.78 Å². The lowest BCUT2D eigenvalue weighted by Gasteiger charge is -2.14. The van der Waals surface area contributed by atoms with Gasteiger partial charge in [0.2, 0.25) is 0 Å². The molecular formula is C13H16N2O. The fourth-order valence-corrected chi connectivity index (χ4v) is 1.43. The van der Waals surface area contributed by atoms with Crippen LogP contribution in [0.4, 0.5) is 0 Å². The van der Waals surface area contributed by atoms with Crippen LogP contribution < -0.4 is 5.32 Å². The van der Waals surface area contributed by atoms with Crippen LogP contribution in [0.1, 0.15) is 35.8 Å². The van der Waals surface area contributed by atoms with Gasteiger partial charge in [0.05, 0.1) is 5.56 Å². The number of aryl methyl sites for hydroxylation is 1. The summed E-state index contributed by atoms with van der Waals surface area (Å²) in [5, 5.41) is 2.90. The Bertz CT molecular complexity index is 407. The summed E-state index contributed by atoms with van der Waals surface area (Å²) in [6, 6.07) is 3.56. The standard InChI is InChI=1S/C13H16N2O/c1-4-7-11(5-2)15-13(16)12-8-6-9-14-10(12)3/h1,6,8-9,11H,5,7H2,2-3H3,(H,15,16). The Labute approximate surface area is 96.3 Å². The maximum Gasteiger partial charge on any atom is 0.253 e. The summed E-state index contributed by atoms with van der Waals surface area (Å²) in [5.41, 5.74) is 1.34. The van der Waals surface area contributed by atoms with Crippen LogP contribution in [0.2, 0.25) is 0 Å². The number of rotatable bonds is 4. The summed E-state index contributed by atoms with van der Waals surface area (Å²) in [4.78, 5) is 16.0. The van der Waals surface area contributed by atoms with Gasteiger partial charge in [0.25, 0.3) is 5.91 Å². The van der Waals surface area contributed by atoms with Crippen molar-refractivity contribution in [2.24, 2.45) is 0 Å². The quantitative estimate of drug-likeness (QED) is 0.781. The summed E-state index contributed by atoms with van der Waals surface area (Å²) in [5.74, 6) is 2.46. The number of amides is 1. The second kappa shape index (κ2) is 5.92. The van der Waals surface area contributed by atoms with Crippen molar-refractivity contribution in [2.75, 3.05) is 0 Å². The molecule has 0 spiro atoms. The summed E-state index contributed by atoms with van der Waals surface area (Å²) in [7, 11) is 0. The molecule has 0 aliphatic rings. The van der Waals surface area contributed by atoms with E-state index in [1.807, 2.05) is 13.8 Å². The molecule has 0 saturated carbocycles. The molecule has 0 aliphatic carbocycles. The molecule has 0 radical (unpaired) electrons. The van der Waals surface area contributed by atoms with Gasteiger partial charge in [-0.05, 0) is 25.5 Å². The van der Waals surface area contributed by atoms with E-state index in [-0.39, 0.29) is 11.9 Å². The van der Waals surface area contributed by atoms with Gasteiger partial charge in [-0.1, -0.05) is 6.92 Å². The Hall–Kier alpha value is -1.82. The van der Waals surface area contributed by atoms with Crippen molar-refractivity contribution in [3.63, 3.8) is 0 Å². The highest BCUT2D eigenvalue weighted by Crippen LogP contribution is 2.05. The van der Waals surface area contributed by atoms with Gasteiger partial charge < -0.3 is 5.32 Å². The van der Waals surface area contributed by atoms with Gasteiger partial charge in [0.15, 0.2) is 0 Å². The van der Waals surface area contributed by atoms with Crippen LogP contribution in [0.5, 0.6) is 0 Å². The van der Waals surface area contributed by atoms with Gasteiger partial charge in [-0.25, -0.2) is 0 Å². The molecule has 16 heavy (non-hydrogen) atoms. The van der Waals surface area contributed by atoms with Crippen molar-refractivity contribution < 1.29 is 4.79 Å². The molecule has 1 aromatic heterocycles. The molecule has 84 valence electrons. The van der Waals surface area contributed by atoms with E-state index in [1.165, 1.54) is 0 Å². The van der Waals surface area contributed by atoms with Crippen LogP contribution in [0.3, 0.4) is 0 Å². The van der Waals surface area contributed by atoms with Gasteiger partial charge in [0.1, 0.15) is 0 Å². The summed E-state index contributed by atoms with van der Waals surface area (Å²) < 4.78 is 0. The molecule has 0 saturated heterocycles. The predicted molar refractivity (Wildman–Crippen MR) is 64.0 cm³/mol. The Morgan fingerprint density at radius 3 is 3.00 bits per heavy atom. The van der Waals surface area contributed by atoms with Crippen LogP contribution in [-0.4, -0.2) is 16.9 Å². The van der Waals surface area contributed by atoms with E-state index in [9.17, 15) is 4.79 Å². The van der Waals surface area contributed by atoms with E-state index in [0.29, 0.717) is 12.0 Å². The lowest BCUT2D eigenvalue weighted by Crippen LogP contribution is -2.34. The molecule has 1 rings (SSSR count). The molecule has 0 aromatic carbocycles. The smallest absolute Gasteiger partial charge is 0.253 e. The molecular weight excluding hydrogens is 200 g/mol. The second-order valence-corrected chi connectivity index (χ2v) is 3.62. The lowest BCUT2D eigenvalue weighted by atomic mass is 10.1. The van der Waals surface area contributed by atoms with E-state index < -0.39 is 0 Å². The monoisotopic (exact) mass is 216 g/mol. The third-order valence-electron chi connectivity index (χ3n) is 2.44. The summed E-state index contributed by atoms with van der Waals surface area (Å²) in [6.45, 7) is 3.81. The van der Waals surface area contributed by atoms with Crippen LogP contribution in [-0.2, 0) is 0 Å². The molecule has 0 fully saturated rings. The highest BCUT2D eigenvalue weighted by Gasteiger charge is 2.13. The summed E-state index contributed by atoms with van der Waals surface area (Å²) in [6.07, 6.45) is 8.29. The first-order chi connectivity index (χ1) is 7.69. The van der Waals surface area contributed by atoms with Crippen molar-refractivity contribution in [2.45, 2.75) is 32.7 Å². The average molecular weight is 216 g/mol. The number of nitrogens with zero attached hydrogens (tertiary/aromatic N) is 1. The van der Waals surface area contributed by atoms with E-state index in [0.717, 1.165) is 12.1 Å². The fraction of sp³-hybridized carbons (Fsp3) is 0.385. The third kappa shape index (κ3) is 3.09. The number of carbonyl (C=O) groups is 1. The van der Waals surface area contributed by atoms with Gasteiger partial charge in [-0.2, -0.15) is 0 Å². The Morgan fingerprint density at radius 2 is 2.44 bits per heavy atom. The minimum atomic E-state index is -0.104. The number of pyridine rings is 1. The Balaban J connectivity index is 2.73. The van der Waals surface area contributed by atoms with Crippen molar-refractivity contribution in [1.82, 2.24) is 10.3 Å². The highest BCUT2D eigenvalue weighted by atomic mass is 16.1. The Morgan fingerprint density at radius 1 is 1.69 bits per heavy atom. The molecule has 0 bridgehead atoms. The highest BCUT2D eigenvalue weighted by molar-refractivity contribution is 5.95. The van der Waals surface area contributed by atoms with E-state index in [1.54, 1.807) is 18.3 Å². The zero-order valence-electron chi connectivity index (χ0n) is 9.66. The van der Waals surface area contributed by atoms with Crippen molar-refractivity contribution in [1.29, 1.82) is 0 Å². The van der Waals surface area contributed by atoms with E-state index >= 15 is 0 Å². The topological polar surface area (TPSA) is 42.0 Å². The molecule has 1 aromatic rings. The summed E-state index contributed by atoms with van der Waals surface area (Å²) >= 11 is 0. The zero-order valence-corrected chi connectivity index (χ0v) is 9.66. The van der Waals surface area contributed by atoms with Crippen molar-refractivity contribution in [3.8, 4) is 12.3 Å². The first-order valence-corrected chi connectivity index (χ1v) is 5.35. The SMILES string of the molecule is C#CCC(CC)NC(=O)c1cccnc1C. The van der Waals surface area contributed by atoms with Crippen LogP contribution in [0, 0.1) is 19.3 Å². The predicted octanol–water partition coefficient (Wildman–Crippen LogP) is 1.92. The number of aromatic nitrogens is 1. The average Bonchev–Trinajstić information content (AvgIpc) is 2.28. The van der Waals surface area contributed by atoms with Crippen LogP contribution >= 0.6 is 0 Å². The fourth-order valence-electron chi connectivity index (χ4n) is 1.43. The molecule has 0 aliphatic heterocycles. The van der Waals surface area contributed by atoms with E-state index in [2.05, 4.69) is 16.2 Å². The number of terminal acetylenes is 1. The number of nitrogens with one attached hydrogen (secondary N) is 1. The third-order valence-corrected chi connectivity index (χ3v) is 2.44. The van der Waals surface area contributed by atoms with Crippen LogP contribution in [0.25, 0.3) is 0 Å². The zero-order chi connectivity index (χ0) is 12.0. The molecule has 1 heterocycles. The Kier molecular flexibility index (Phi) is 4.53. The minimum Gasteiger partial charge on any atom is -0.348 e. The van der Waals surface area contributed by atoms with Crippen molar-refractivity contribution >= 4 is 5.91 Å². The number of hydrogen-bond acceptors (Lipinski definition) is 2. The number of hydrogen-bond donors (Lipinski definition) is 1. The lowest BCUT2D eigenvalue weighted by molar-refractivity contribution is 0.0935. The minimum absolute atomic E-state index is 0.0390. The molecule has 1 amide bonds. The van der Waals surface area contributed by atoms with Gasteiger partial charge >= 0.3 is 0 Å². The maximum absolute atomic E-state index is 11.9. The van der Waals surface area contributed by atoms with Crippen LogP contribution in [0.15, 0.2) is 18.3 Å². The molecule has 1 N–H and O–H groups in total. The normalized spacial score (nSPS) is 11.6. The first kappa shape index (κ1) is 12.3. The first-order valence-electron chi connectivity index (χ1n) is 5.35. The van der Waals surface area contributed by atoms with Gasteiger partial charge in [-0.15, -0.1) is 12.3 Å². The maximum atomic E-state index is 11.9. The largest absolute Gasteiger partial charge is 0.348 e. The molecule has 3 heteroatoms.